The van der Waals surface area contributed by atoms with Crippen LogP contribution in [-0.2, 0) is 10.0 Å². The quantitative estimate of drug-likeness (QED) is 0.522. The number of nitrogens with zero attached hydrogens (tertiary/aromatic N) is 1. The summed E-state index contributed by atoms with van der Waals surface area (Å²) in [5, 5.41) is 0.422. The first kappa shape index (κ1) is 25.9. The second-order valence-corrected chi connectivity index (χ2v) is 11.6. The average Bonchev–Trinajstić information content (AvgIpc) is 3.62. The normalized spacial score (nSPS) is 18.3. The van der Waals surface area contributed by atoms with Gasteiger partial charge < -0.3 is 4.74 Å². The van der Waals surface area contributed by atoms with E-state index in [1.165, 1.54) is 24.3 Å². The van der Waals surface area contributed by atoms with Crippen molar-refractivity contribution in [1.82, 2.24) is 9.62 Å². The van der Waals surface area contributed by atoms with Crippen molar-refractivity contribution in [1.29, 1.82) is 0 Å². The van der Waals surface area contributed by atoms with E-state index in [2.05, 4.69) is 11.8 Å². The molecule has 2 aromatic rings. The number of hydrogen-bond acceptors (Lipinski definition) is 5. The van der Waals surface area contributed by atoms with Crippen molar-refractivity contribution in [3.8, 4) is 5.75 Å². The van der Waals surface area contributed by atoms with Gasteiger partial charge in [0.05, 0.1) is 18.4 Å². The number of piperidine rings is 1. The molecule has 1 N–H and O–H groups in total. The van der Waals surface area contributed by atoms with Crippen molar-refractivity contribution in [3.05, 3.63) is 63.7 Å². The summed E-state index contributed by atoms with van der Waals surface area (Å²) < 4.78 is 58.7. The topological polar surface area (TPSA) is 75.7 Å². The lowest BCUT2D eigenvalue weighted by molar-refractivity contribution is 0.0977. The molecule has 6 nitrogen and oxygen atoms in total. The maximum absolute atomic E-state index is 14.7. The van der Waals surface area contributed by atoms with E-state index in [1.807, 2.05) is 4.72 Å². The largest absolute Gasteiger partial charge is 0.493 e. The third kappa shape index (κ3) is 6.51. The summed E-state index contributed by atoms with van der Waals surface area (Å²) in [6.07, 6.45) is 4.45. The second-order valence-electron chi connectivity index (χ2n) is 9.48. The van der Waals surface area contributed by atoms with Crippen LogP contribution in [0.25, 0.3) is 0 Å². The van der Waals surface area contributed by atoms with Gasteiger partial charge in [0.2, 0.25) is 10.0 Å². The summed E-state index contributed by atoms with van der Waals surface area (Å²) in [6, 6.07) is 7.15. The van der Waals surface area contributed by atoms with Crippen molar-refractivity contribution >= 4 is 27.5 Å². The highest BCUT2D eigenvalue weighted by atomic mass is 35.5. The molecule has 2 aromatic carbocycles. The minimum absolute atomic E-state index is 0.0613. The van der Waals surface area contributed by atoms with Crippen molar-refractivity contribution < 1.29 is 26.7 Å². The van der Waals surface area contributed by atoms with Crippen molar-refractivity contribution in [3.63, 3.8) is 0 Å². The zero-order valence-electron chi connectivity index (χ0n) is 19.7. The molecule has 1 unspecified atom stereocenters. The molecular weight excluding hydrogens is 498 g/mol. The highest BCUT2D eigenvalue weighted by Gasteiger charge is 2.31. The third-order valence-corrected chi connectivity index (χ3v) is 7.61. The zero-order valence-corrected chi connectivity index (χ0v) is 21.3. The molecule has 1 saturated carbocycles. The van der Waals surface area contributed by atoms with Crippen molar-refractivity contribution in [2.24, 2.45) is 5.92 Å². The number of nitrogens with one attached hydrogen (secondary N) is 1. The van der Waals surface area contributed by atoms with Gasteiger partial charge in [-0.05, 0) is 86.9 Å². The molecule has 4 rings (SSSR count). The van der Waals surface area contributed by atoms with Crippen molar-refractivity contribution in [2.45, 2.75) is 44.6 Å². The highest BCUT2D eigenvalue weighted by molar-refractivity contribution is 7.89. The molecule has 1 atom stereocenters. The first-order valence-electron chi connectivity index (χ1n) is 11.7. The standard InChI is InChI=1S/C25H29ClF2N2O4S/c1-15(19-6-5-18(27)11-22(19)26)30-9-7-16(8-10-30)14-34-24-13-23(28)21(12-20(24)17-3-4-17)25(31)29-35(2,32)33/h5-6,11-13,15-17H,3-4,7-10,14H2,1-2H3,(H,29,31). The molecule has 0 bridgehead atoms. The van der Waals surface area contributed by atoms with E-state index in [0.29, 0.717) is 17.4 Å². The van der Waals surface area contributed by atoms with Crippen LogP contribution in [-0.4, -0.2) is 45.2 Å². The molecule has 190 valence electrons. The predicted octanol–water partition coefficient (Wildman–Crippen LogP) is 5.04. The lowest BCUT2D eigenvalue weighted by Crippen LogP contribution is -2.37. The van der Waals surface area contributed by atoms with Gasteiger partial charge in [-0.25, -0.2) is 21.9 Å². The Labute approximate surface area is 209 Å². The Morgan fingerprint density at radius 3 is 2.46 bits per heavy atom. The van der Waals surface area contributed by atoms with Gasteiger partial charge in [-0.1, -0.05) is 17.7 Å². The molecule has 1 heterocycles. The van der Waals surface area contributed by atoms with Gasteiger partial charge in [0.1, 0.15) is 17.4 Å². The summed E-state index contributed by atoms with van der Waals surface area (Å²) in [7, 11) is -3.80. The van der Waals surface area contributed by atoms with Gasteiger partial charge in [0, 0.05) is 17.1 Å². The minimum atomic E-state index is -3.80. The summed E-state index contributed by atoms with van der Waals surface area (Å²) in [4.78, 5) is 14.5. The molecule has 0 spiro atoms. The number of amides is 1. The number of benzene rings is 2. The van der Waals surface area contributed by atoms with E-state index >= 15 is 0 Å². The summed E-state index contributed by atoms with van der Waals surface area (Å²) in [5.74, 6) is -1.28. The third-order valence-electron chi connectivity index (χ3n) is 6.72. The van der Waals surface area contributed by atoms with Crippen LogP contribution in [0.15, 0.2) is 30.3 Å². The Morgan fingerprint density at radius 1 is 1.17 bits per heavy atom. The Hall–Kier alpha value is -2.23. The first-order valence-corrected chi connectivity index (χ1v) is 14.0. The average molecular weight is 527 g/mol. The fourth-order valence-corrected chi connectivity index (χ4v) is 5.33. The van der Waals surface area contributed by atoms with Crippen LogP contribution in [0.4, 0.5) is 8.78 Å². The Balaban J connectivity index is 1.38. The van der Waals surface area contributed by atoms with E-state index in [1.54, 1.807) is 6.07 Å². The van der Waals surface area contributed by atoms with Crippen LogP contribution in [0.1, 0.15) is 66.1 Å². The van der Waals surface area contributed by atoms with Gasteiger partial charge in [-0.15, -0.1) is 0 Å². The Kier molecular flexibility index (Phi) is 7.68. The fraction of sp³-hybridized carbons (Fsp3) is 0.480. The van der Waals surface area contributed by atoms with Crippen LogP contribution >= 0.6 is 11.6 Å². The Morgan fingerprint density at radius 2 is 1.86 bits per heavy atom. The number of sulfonamides is 1. The molecule has 1 amide bonds. The van der Waals surface area contributed by atoms with E-state index in [9.17, 15) is 22.0 Å². The number of hydrogen-bond donors (Lipinski definition) is 1. The smallest absolute Gasteiger partial charge is 0.267 e. The van der Waals surface area contributed by atoms with E-state index in [0.717, 1.165) is 56.2 Å². The van der Waals surface area contributed by atoms with Crippen LogP contribution < -0.4 is 9.46 Å². The van der Waals surface area contributed by atoms with Crippen LogP contribution in [0.3, 0.4) is 0 Å². The molecule has 1 aliphatic heterocycles. The molecule has 35 heavy (non-hydrogen) atoms. The minimum Gasteiger partial charge on any atom is -0.493 e. The summed E-state index contributed by atoms with van der Waals surface area (Å²) in [5.41, 5.74) is 1.33. The first-order chi connectivity index (χ1) is 16.5. The van der Waals surface area contributed by atoms with Gasteiger partial charge in [0.15, 0.2) is 0 Å². The molecule has 2 aliphatic rings. The number of rotatable bonds is 8. The summed E-state index contributed by atoms with van der Waals surface area (Å²) in [6.45, 7) is 4.14. The number of likely N-dealkylation sites (tertiary alicyclic amines) is 1. The molecule has 1 aliphatic carbocycles. The predicted molar refractivity (Wildman–Crippen MR) is 130 cm³/mol. The lowest BCUT2D eigenvalue weighted by Gasteiger charge is -2.36. The number of ether oxygens (including phenoxy) is 1. The van der Waals surface area contributed by atoms with E-state index in [4.69, 9.17) is 16.3 Å². The van der Waals surface area contributed by atoms with Crippen LogP contribution in [0.2, 0.25) is 5.02 Å². The molecule has 2 fully saturated rings. The van der Waals surface area contributed by atoms with Gasteiger partial charge in [-0.2, -0.15) is 0 Å². The van der Waals surface area contributed by atoms with E-state index in [-0.39, 0.29) is 29.3 Å². The fourth-order valence-electron chi connectivity index (χ4n) is 4.56. The Bertz CT molecular complexity index is 1210. The highest BCUT2D eigenvalue weighted by Crippen LogP contribution is 2.45. The van der Waals surface area contributed by atoms with E-state index < -0.39 is 21.7 Å². The number of carbonyl (C=O) groups is 1. The molecule has 0 radical (unpaired) electrons. The van der Waals surface area contributed by atoms with Gasteiger partial charge in [0.25, 0.3) is 5.91 Å². The molecule has 10 heteroatoms. The molecule has 1 saturated heterocycles. The monoisotopic (exact) mass is 526 g/mol. The van der Waals surface area contributed by atoms with Gasteiger partial charge in [-0.3, -0.25) is 9.69 Å². The van der Waals surface area contributed by atoms with Crippen molar-refractivity contribution in [2.75, 3.05) is 26.0 Å². The van der Waals surface area contributed by atoms with Crippen LogP contribution in [0, 0.1) is 17.6 Å². The summed E-state index contributed by atoms with van der Waals surface area (Å²) >= 11 is 6.24. The molecule has 0 aromatic heterocycles. The van der Waals surface area contributed by atoms with Gasteiger partial charge >= 0.3 is 0 Å². The maximum Gasteiger partial charge on any atom is 0.267 e. The lowest BCUT2D eigenvalue weighted by atomic mass is 9.95. The second kappa shape index (κ2) is 10.4. The number of halogens is 3. The SMILES string of the molecule is CC(c1ccc(F)cc1Cl)N1CCC(COc2cc(F)c(C(=O)NS(C)(=O)=O)cc2C2CC2)CC1. The zero-order chi connectivity index (χ0) is 25.3. The number of carbonyl (C=O) groups excluding carboxylic acids is 1. The molecular formula is C25H29ClF2N2O4S. The van der Waals surface area contributed by atoms with Crippen LogP contribution in [0.5, 0.6) is 5.75 Å². The maximum atomic E-state index is 14.7.